The first-order chi connectivity index (χ1) is 15.5. The number of hydrogen-bond donors (Lipinski definition) is 1. The zero-order chi connectivity index (χ0) is 22.4. The van der Waals surface area contributed by atoms with E-state index in [4.69, 9.17) is 0 Å². The molecule has 0 saturated heterocycles. The Morgan fingerprint density at radius 3 is 1.81 bits per heavy atom. The number of sulfonamides is 1. The molecule has 1 aromatic heterocycles. The van der Waals surface area contributed by atoms with E-state index in [2.05, 4.69) is 26.2 Å². The van der Waals surface area contributed by atoms with Gasteiger partial charge in [-0.2, -0.15) is 4.31 Å². The van der Waals surface area contributed by atoms with Crippen LogP contribution in [0.5, 0.6) is 0 Å². The molecule has 0 unspecified atom stereocenters. The van der Waals surface area contributed by atoms with Gasteiger partial charge in [-0.1, -0.05) is 76.6 Å². The fourth-order valence-electron chi connectivity index (χ4n) is 3.24. The Bertz CT molecular complexity index is 1210. The van der Waals surface area contributed by atoms with Gasteiger partial charge in [-0.3, -0.25) is 0 Å². The topological polar surface area (TPSA) is 62.3 Å². The Kier molecular flexibility index (Phi) is 6.99. The number of anilines is 2. The maximum Gasteiger partial charge on any atom is 0.245 e. The molecule has 0 saturated carbocycles. The minimum atomic E-state index is -3.76. The second kappa shape index (κ2) is 10.1. The van der Waals surface area contributed by atoms with Crippen molar-refractivity contribution in [3.8, 4) is 0 Å². The van der Waals surface area contributed by atoms with Crippen LogP contribution in [0.4, 0.5) is 11.5 Å². The molecule has 0 amide bonds. The van der Waals surface area contributed by atoms with E-state index in [0.29, 0.717) is 5.82 Å². The summed E-state index contributed by atoms with van der Waals surface area (Å²) in [5.74, 6) is 0.573. The lowest BCUT2D eigenvalue weighted by Gasteiger charge is -2.22. The third-order valence-electron chi connectivity index (χ3n) is 4.89. The average molecular weight is 508 g/mol. The van der Waals surface area contributed by atoms with Crippen LogP contribution in [0.2, 0.25) is 0 Å². The van der Waals surface area contributed by atoms with E-state index in [1.807, 2.05) is 84.9 Å². The first kappa shape index (κ1) is 22.2. The van der Waals surface area contributed by atoms with Gasteiger partial charge in [0.15, 0.2) is 0 Å². The first-order valence-corrected chi connectivity index (χ1v) is 12.3. The highest BCUT2D eigenvalue weighted by Crippen LogP contribution is 2.23. The molecule has 1 N–H and O–H groups in total. The molecular formula is C25H22BrN3O2S. The third-order valence-corrected chi connectivity index (χ3v) is 7.20. The van der Waals surface area contributed by atoms with Crippen LogP contribution in [-0.2, 0) is 23.1 Å². The molecule has 0 aliphatic carbocycles. The number of hydrogen-bond acceptors (Lipinski definition) is 4. The van der Waals surface area contributed by atoms with Gasteiger partial charge < -0.3 is 5.32 Å². The first-order valence-electron chi connectivity index (χ1n) is 10.1. The van der Waals surface area contributed by atoms with Crippen LogP contribution in [0, 0.1) is 0 Å². The lowest BCUT2D eigenvalue weighted by molar-refractivity contribution is 0.401. The number of nitrogens with zero attached hydrogens (tertiary/aromatic N) is 2. The van der Waals surface area contributed by atoms with Crippen molar-refractivity contribution in [1.82, 2.24) is 9.29 Å². The van der Waals surface area contributed by atoms with Crippen LogP contribution < -0.4 is 5.32 Å². The fourth-order valence-corrected chi connectivity index (χ4v) is 4.86. The van der Waals surface area contributed by atoms with Crippen molar-refractivity contribution in [2.45, 2.75) is 18.0 Å². The highest BCUT2D eigenvalue weighted by atomic mass is 79.9. The highest BCUT2D eigenvalue weighted by Gasteiger charge is 2.25. The monoisotopic (exact) mass is 507 g/mol. The Labute approximate surface area is 196 Å². The smallest absolute Gasteiger partial charge is 0.245 e. The van der Waals surface area contributed by atoms with E-state index >= 15 is 0 Å². The molecule has 4 rings (SSSR count). The zero-order valence-corrected chi connectivity index (χ0v) is 19.6. The van der Waals surface area contributed by atoms with Crippen molar-refractivity contribution in [1.29, 1.82) is 0 Å². The Balaban J connectivity index is 1.58. The van der Waals surface area contributed by atoms with Gasteiger partial charge in [0.1, 0.15) is 10.7 Å². The van der Waals surface area contributed by atoms with Crippen molar-refractivity contribution in [2.75, 3.05) is 5.32 Å². The normalized spacial score (nSPS) is 11.4. The van der Waals surface area contributed by atoms with Gasteiger partial charge in [-0.05, 0) is 47.5 Å². The molecule has 4 aromatic rings. The second-order valence-electron chi connectivity index (χ2n) is 7.26. The summed E-state index contributed by atoms with van der Waals surface area (Å²) in [6.45, 7) is 0.550. The summed E-state index contributed by atoms with van der Waals surface area (Å²) in [4.78, 5) is 4.49. The molecular weight excluding hydrogens is 486 g/mol. The molecule has 0 atom stereocenters. The molecule has 7 heteroatoms. The Hall–Kier alpha value is -3.00. The van der Waals surface area contributed by atoms with Gasteiger partial charge in [0.25, 0.3) is 0 Å². The van der Waals surface area contributed by atoms with E-state index in [-0.39, 0.29) is 18.0 Å². The Morgan fingerprint density at radius 1 is 0.750 bits per heavy atom. The summed E-state index contributed by atoms with van der Waals surface area (Å²) < 4.78 is 29.5. The van der Waals surface area contributed by atoms with Crippen molar-refractivity contribution in [3.63, 3.8) is 0 Å². The molecule has 0 fully saturated rings. The maximum absolute atomic E-state index is 13.5. The van der Waals surface area contributed by atoms with E-state index < -0.39 is 10.0 Å². The molecule has 3 aromatic carbocycles. The maximum atomic E-state index is 13.5. The molecule has 162 valence electrons. The van der Waals surface area contributed by atoms with Gasteiger partial charge >= 0.3 is 0 Å². The number of aromatic nitrogens is 1. The standard InChI is InChI=1S/C25H22BrN3O2S/c26-22-11-13-23(14-12-22)28-25-16-15-24(17-27-25)32(30,31)29(18-20-7-3-1-4-8-20)19-21-9-5-2-6-10-21/h1-17H,18-19H2,(H,27,28). The minimum absolute atomic E-state index is 0.158. The number of rotatable bonds is 8. The third kappa shape index (κ3) is 5.62. The van der Waals surface area contributed by atoms with Crippen LogP contribution in [0.1, 0.15) is 11.1 Å². The molecule has 5 nitrogen and oxygen atoms in total. The fraction of sp³-hybridized carbons (Fsp3) is 0.0800. The summed E-state index contributed by atoms with van der Waals surface area (Å²) in [6, 6.07) is 30.1. The average Bonchev–Trinajstić information content (AvgIpc) is 2.82. The Morgan fingerprint density at radius 2 is 1.31 bits per heavy atom. The van der Waals surface area contributed by atoms with E-state index in [9.17, 15) is 8.42 Å². The summed E-state index contributed by atoms with van der Waals surface area (Å²) in [6.07, 6.45) is 1.40. The van der Waals surface area contributed by atoms with Gasteiger partial charge in [0.05, 0.1) is 0 Å². The summed E-state index contributed by atoms with van der Waals surface area (Å²) in [7, 11) is -3.76. The van der Waals surface area contributed by atoms with Gasteiger partial charge in [0, 0.05) is 29.4 Å². The lowest BCUT2D eigenvalue weighted by Crippen LogP contribution is -2.30. The van der Waals surface area contributed by atoms with Crippen molar-refractivity contribution in [3.05, 3.63) is 119 Å². The highest BCUT2D eigenvalue weighted by molar-refractivity contribution is 9.10. The molecule has 0 aliphatic rings. The van der Waals surface area contributed by atoms with Gasteiger partial charge in [-0.25, -0.2) is 13.4 Å². The van der Waals surface area contributed by atoms with E-state index in [1.165, 1.54) is 10.5 Å². The zero-order valence-electron chi connectivity index (χ0n) is 17.2. The molecule has 0 spiro atoms. The molecule has 0 radical (unpaired) electrons. The molecule has 32 heavy (non-hydrogen) atoms. The summed E-state index contributed by atoms with van der Waals surface area (Å²) in [5.41, 5.74) is 2.72. The van der Waals surface area contributed by atoms with Crippen molar-refractivity contribution < 1.29 is 8.42 Å². The molecule has 0 aliphatic heterocycles. The quantitative estimate of drug-likeness (QED) is 0.318. The van der Waals surface area contributed by atoms with Crippen LogP contribution in [0.3, 0.4) is 0 Å². The second-order valence-corrected chi connectivity index (χ2v) is 10.1. The largest absolute Gasteiger partial charge is 0.340 e. The molecule has 1 heterocycles. The predicted octanol–water partition coefficient (Wildman–Crippen LogP) is 5.98. The number of benzene rings is 3. The number of pyridine rings is 1. The SMILES string of the molecule is O=S(=O)(c1ccc(Nc2ccc(Br)cc2)nc1)N(Cc1ccccc1)Cc1ccccc1. The van der Waals surface area contributed by atoms with Crippen LogP contribution >= 0.6 is 15.9 Å². The minimum Gasteiger partial charge on any atom is -0.340 e. The van der Waals surface area contributed by atoms with Gasteiger partial charge in [0.2, 0.25) is 10.0 Å². The number of halogens is 1. The van der Waals surface area contributed by atoms with Crippen molar-refractivity contribution >= 4 is 37.5 Å². The van der Waals surface area contributed by atoms with Crippen LogP contribution in [0.25, 0.3) is 0 Å². The summed E-state index contributed by atoms with van der Waals surface area (Å²) in [5, 5.41) is 3.18. The molecule has 0 bridgehead atoms. The van der Waals surface area contributed by atoms with E-state index in [1.54, 1.807) is 12.1 Å². The number of nitrogens with one attached hydrogen (secondary N) is 1. The van der Waals surface area contributed by atoms with Crippen LogP contribution in [0.15, 0.2) is 113 Å². The van der Waals surface area contributed by atoms with Gasteiger partial charge in [-0.15, -0.1) is 0 Å². The predicted molar refractivity (Wildman–Crippen MR) is 131 cm³/mol. The summed E-state index contributed by atoms with van der Waals surface area (Å²) >= 11 is 3.41. The lowest BCUT2D eigenvalue weighted by atomic mass is 10.2. The van der Waals surface area contributed by atoms with Crippen molar-refractivity contribution in [2.24, 2.45) is 0 Å². The van der Waals surface area contributed by atoms with Crippen LogP contribution in [-0.4, -0.2) is 17.7 Å². The van der Waals surface area contributed by atoms with E-state index in [0.717, 1.165) is 21.3 Å².